The minimum absolute atomic E-state index is 0.278. The third-order valence-electron chi connectivity index (χ3n) is 3.65. The van der Waals surface area contributed by atoms with E-state index in [1.165, 1.54) is 17.4 Å². The summed E-state index contributed by atoms with van der Waals surface area (Å²) in [4.78, 5) is 31.2. The molecule has 3 rings (SSSR count). The number of aromatic nitrogens is 1. The maximum Gasteiger partial charge on any atom is 0.410 e. The normalized spacial score (nSPS) is 13.3. The first-order chi connectivity index (χ1) is 12.0. The number of ether oxygens (including phenoxy) is 1. The van der Waals surface area contributed by atoms with E-state index in [4.69, 9.17) is 27.9 Å². The van der Waals surface area contributed by atoms with Crippen molar-refractivity contribution in [2.45, 2.75) is 19.9 Å². The van der Waals surface area contributed by atoms with Crippen LogP contribution in [0.3, 0.4) is 0 Å². The molecular formula is C16H15Cl2N3O3S. The smallest absolute Gasteiger partial charge is 0.410 e. The van der Waals surface area contributed by atoms with Gasteiger partial charge in [0.05, 0.1) is 29.4 Å². The van der Waals surface area contributed by atoms with Crippen LogP contribution in [0, 0.1) is 0 Å². The van der Waals surface area contributed by atoms with Gasteiger partial charge in [0, 0.05) is 22.9 Å². The molecule has 1 aromatic carbocycles. The van der Waals surface area contributed by atoms with E-state index in [0.29, 0.717) is 41.8 Å². The number of hydrogen-bond acceptors (Lipinski definition) is 5. The van der Waals surface area contributed by atoms with Crippen molar-refractivity contribution >= 4 is 51.7 Å². The Morgan fingerprint density at radius 2 is 2.20 bits per heavy atom. The zero-order valence-corrected chi connectivity index (χ0v) is 15.7. The number of benzene rings is 1. The van der Waals surface area contributed by atoms with Crippen LogP contribution in [0.25, 0.3) is 0 Å². The number of amides is 2. The SMILES string of the molecule is CCOC(=O)N1CCc2nc(NC(=O)c3ccc(Cl)cc3Cl)sc2C1. The topological polar surface area (TPSA) is 71.5 Å². The molecule has 1 aliphatic heterocycles. The highest BCUT2D eigenvalue weighted by Crippen LogP contribution is 2.29. The van der Waals surface area contributed by atoms with Gasteiger partial charge in [0.15, 0.2) is 5.13 Å². The number of halogens is 2. The average Bonchev–Trinajstić information content (AvgIpc) is 2.96. The van der Waals surface area contributed by atoms with E-state index in [1.54, 1.807) is 24.0 Å². The van der Waals surface area contributed by atoms with Crippen LogP contribution in [0.15, 0.2) is 18.2 Å². The fraction of sp³-hybridized carbons (Fsp3) is 0.312. The van der Waals surface area contributed by atoms with Gasteiger partial charge in [0.25, 0.3) is 5.91 Å². The Hall–Kier alpha value is -1.83. The number of nitrogens with one attached hydrogen (secondary N) is 1. The van der Waals surface area contributed by atoms with E-state index < -0.39 is 0 Å². The molecule has 0 bridgehead atoms. The van der Waals surface area contributed by atoms with Gasteiger partial charge in [-0.2, -0.15) is 0 Å². The maximum absolute atomic E-state index is 12.4. The highest BCUT2D eigenvalue weighted by Gasteiger charge is 2.25. The molecule has 132 valence electrons. The number of carbonyl (C=O) groups is 2. The molecule has 1 N–H and O–H groups in total. The molecule has 2 amide bonds. The largest absolute Gasteiger partial charge is 0.450 e. The van der Waals surface area contributed by atoms with Crippen molar-refractivity contribution in [3.05, 3.63) is 44.4 Å². The lowest BCUT2D eigenvalue weighted by molar-refractivity contribution is 0.102. The molecule has 1 aliphatic rings. The number of thiazole rings is 1. The summed E-state index contributed by atoms with van der Waals surface area (Å²) >= 11 is 13.2. The van der Waals surface area contributed by atoms with Crippen LogP contribution in [0.5, 0.6) is 0 Å². The van der Waals surface area contributed by atoms with Gasteiger partial charge in [-0.3, -0.25) is 10.1 Å². The first kappa shape index (κ1) is 18.0. The first-order valence-corrected chi connectivity index (χ1v) is 9.22. The summed E-state index contributed by atoms with van der Waals surface area (Å²) in [5.41, 5.74) is 1.22. The molecule has 0 spiro atoms. The second-order valence-corrected chi connectivity index (χ2v) is 7.26. The fourth-order valence-corrected chi connectivity index (χ4v) is 3.97. The summed E-state index contributed by atoms with van der Waals surface area (Å²) in [5.74, 6) is -0.352. The van der Waals surface area contributed by atoms with E-state index in [1.807, 2.05) is 0 Å². The van der Waals surface area contributed by atoms with E-state index in [2.05, 4.69) is 10.3 Å². The quantitative estimate of drug-likeness (QED) is 0.838. The van der Waals surface area contributed by atoms with Crippen molar-refractivity contribution in [1.82, 2.24) is 9.88 Å². The van der Waals surface area contributed by atoms with E-state index >= 15 is 0 Å². The predicted molar refractivity (Wildman–Crippen MR) is 97.7 cm³/mol. The number of fused-ring (bicyclic) bond motifs is 1. The molecule has 0 unspecified atom stereocenters. The van der Waals surface area contributed by atoms with Crippen molar-refractivity contribution in [1.29, 1.82) is 0 Å². The Morgan fingerprint density at radius 1 is 1.40 bits per heavy atom. The van der Waals surface area contributed by atoms with Crippen LogP contribution < -0.4 is 5.32 Å². The Labute approximate surface area is 158 Å². The molecule has 1 aromatic heterocycles. The lowest BCUT2D eigenvalue weighted by Gasteiger charge is -2.24. The van der Waals surface area contributed by atoms with Crippen molar-refractivity contribution in [3.8, 4) is 0 Å². The van der Waals surface area contributed by atoms with Crippen molar-refractivity contribution in [2.24, 2.45) is 0 Å². The highest BCUT2D eigenvalue weighted by molar-refractivity contribution is 7.15. The molecule has 25 heavy (non-hydrogen) atoms. The second-order valence-electron chi connectivity index (χ2n) is 5.34. The van der Waals surface area contributed by atoms with Crippen LogP contribution in [-0.2, 0) is 17.7 Å². The second kappa shape index (κ2) is 7.59. The van der Waals surface area contributed by atoms with E-state index in [9.17, 15) is 9.59 Å². The molecule has 0 fully saturated rings. The van der Waals surface area contributed by atoms with Crippen LogP contribution >= 0.6 is 34.5 Å². The number of rotatable bonds is 3. The van der Waals surface area contributed by atoms with Gasteiger partial charge in [0.2, 0.25) is 0 Å². The molecule has 0 radical (unpaired) electrons. The lowest BCUT2D eigenvalue weighted by atomic mass is 10.2. The third kappa shape index (κ3) is 4.05. The summed E-state index contributed by atoms with van der Waals surface area (Å²) in [6.07, 6.45) is 0.294. The standard InChI is InChI=1S/C16H15Cl2N3O3S/c1-2-24-16(23)21-6-5-12-13(8-21)25-15(19-12)20-14(22)10-4-3-9(17)7-11(10)18/h3-4,7H,2,5-6,8H2,1H3,(H,19,20,22). The fourth-order valence-electron chi connectivity index (χ4n) is 2.46. The Bertz CT molecular complexity index is 825. The van der Waals surface area contributed by atoms with Gasteiger partial charge in [-0.05, 0) is 25.1 Å². The third-order valence-corrected chi connectivity index (χ3v) is 5.20. The minimum atomic E-state index is -0.352. The number of nitrogens with zero attached hydrogens (tertiary/aromatic N) is 2. The monoisotopic (exact) mass is 399 g/mol. The summed E-state index contributed by atoms with van der Waals surface area (Å²) in [5, 5.41) is 3.97. The van der Waals surface area contributed by atoms with Gasteiger partial charge < -0.3 is 9.64 Å². The highest BCUT2D eigenvalue weighted by atomic mass is 35.5. The summed E-state index contributed by atoms with van der Waals surface area (Å²) < 4.78 is 5.02. The minimum Gasteiger partial charge on any atom is -0.450 e. The van der Waals surface area contributed by atoms with Crippen molar-refractivity contribution < 1.29 is 14.3 Å². The Kier molecular flexibility index (Phi) is 5.46. The van der Waals surface area contributed by atoms with Gasteiger partial charge in [-0.15, -0.1) is 0 Å². The zero-order valence-electron chi connectivity index (χ0n) is 13.3. The number of hydrogen-bond donors (Lipinski definition) is 1. The lowest BCUT2D eigenvalue weighted by Crippen LogP contribution is -2.35. The Morgan fingerprint density at radius 3 is 2.92 bits per heavy atom. The molecular weight excluding hydrogens is 385 g/mol. The molecule has 9 heteroatoms. The van der Waals surface area contributed by atoms with Crippen LogP contribution in [0.2, 0.25) is 10.0 Å². The molecule has 6 nitrogen and oxygen atoms in total. The van der Waals surface area contributed by atoms with E-state index in [0.717, 1.165) is 10.6 Å². The summed E-state index contributed by atoms with van der Waals surface area (Å²) in [6.45, 7) is 3.10. The van der Waals surface area contributed by atoms with Crippen LogP contribution in [0.1, 0.15) is 27.9 Å². The number of anilines is 1. The Balaban J connectivity index is 1.71. The first-order valence-electron chi connectivity index (χ1n) is 7.64. The predicted octanol–water partition coefficient (Wildman–Crippen LogP) is 4.22. The number of carbonyl (C=O) groups excluding carboxylic acids is 2. The maximum atomic E-state index is 12.4. The molecule has 0 aliphatic carbocycles. The molecule has 0 atom stereocenters. The van der Waals surface area contributed by atoms with Gasteiger partial charge in [-0.25, -0.2) is 9.78 Å². The van der Waals surface area contributed by atoms with Gasteiger partial charge in [-0.1, -0.05) is 34.5 Å². The van der Waals surface area contributed by atoms with Crippen molar-refractivity contribution in [2.75, 3.05) is 18.5 Å². The van der Waals surface area contributed by atoms with Gasteiger partial charge in [0.1, 0.15) is 0 Å². The molecule has 2 heterocycles. The summed E-state index contributed by atoms with van der Waals surface area (Å²) in [7, 11) is 0. The van der Waals surface area contributed by atoms with E-state index in [-0.39, 0.29) is 17.0 Å². The van der Waals surface area contributed by atoms with Crippen molar-refractivity contribution in [3.63, 3.8) is 0 Å². The molecule has 0 saturated heterocycles. The zero-order chi connectivity index (χ0) is 18.0. The summed E-state index contributed by atoms with van der Waals surface area (Å²) in [6, 6.07) is 4.69. The van der Waals surface area contributed by atoms with Crippen LogP contribution in [0.4, 0.5) is 9.93 Å². The van der Waals surface area contributed by atoms with Gasteiger partial charge >= 0.3 is 6.09 Å². The molecule has 0 saturated carbocycles. The van der Waals surface area contributed by atoms with Crippen LogP contribution in [-0.4, -0.2) is 35.0 Å². The average molecular weight is 400 g/mol. The molecule has 2 aromatic rings.